The second-order valence-corrected chi connectivity index (χ2v) is 6.28. The van der Waals surface area contributed by atoms with Crippen LogP contribution < -0.4 is 5.32 Å². The molecule has 0 atom stereocenters. The van der Waals surface area contributed by atoms with Gasteiger partial charge in [0.25, 0.3) is 11.6 Å². The largest absolute Gasteiger partial charge is 0.465 e. The van der Waals surface area contributed by atoms with Crippen molar-refractivity contribution >= 4 is 45.2 Å². The number of non-ortho nitro benzene ring substituents is 1. The SMILES string of the molecule is COC(=O)c1cc(C(=O)Nc2ccc3oc4ccccc4c3c2)cc([N+](=O)[O-])c1. The molecule has 8 heteroatoms. The summed E-state index contributed by atoms with van der Waals surface area (Å²) in [6.45, 7) is 0. The molecule has 4 rings (SSSR count). The van der Waals surface area contributed by atoms with Gasteiger partial charge in [0.2, 0.25) is 0 Å². The molecule has 0 spiro atoms. The minimum Gasteiger partial charge on any atom is -0.465 e. The number of nitro groups is 1. The fourth-order valence-corrected chi connectivity index (χ4v) is 3.09. The van der Waals surface area contributed by atoms with E-state index in [-0.39, 0.29) is 16.8 Å². The molecule has 1 amide bonds. The number of esters is 1. The van der Waals surface area contributed by atoms with Gasteiger partial charge in [-0.2, -0.15) is 0 Å². The number of furan rings is 1. The Morgan fingerprint density at radius 3 is 2.45 bits per heavy atom. The van der Waals surface area contributed by atoms with Gasteiger partial charge in [-0.25, -0.2) is 4.79 Å². The normalized spacial score (nSPS) is 10.8. The number of nitrogens with zero attached hydrogens (tertiary/aromatic N) is 1. The number of anilines is 1. The third-order valence-corrected chi connectivity index (χ3v) is 4.45. The Bertz CT molecular complexity index is 1290. The molecule has 0 aliphatic heterocycles. The van der Waals surface area contributed by atoms with E-state index in [1.54, 1.807) is 18.2 Å². The van der Waals surface area contributed by atoms with Gasteiger partial charge in [-0.1, -0.05) is 18.2 Å². The maximum Gasteiger partial charge on any atom is 0.338 e. The first-order chi connectivity index (χ1) is 14.0. The first-order valence-corrected chi connectivity index (χ1v) is 8.57. The third-order valence-electron chi connectivity index (χ3n) is 4.45. The van der Waals surface area contributed by atoms with Crippen LogP contribution in [0.2, 0.25) is 0 Å². The van der Waals surface area contributed by atoms with E-state index in [4.69, 9.17) is 4.42 Å². The Hall–Kier alpha value is -4.20. The monoisotopic (exact) mass is 390 g/mol. The Labute approximate surface area is 163 Å². The van der Waals surface area contributed by atoms with Crippen molar-refractivity contribution in [1.29, 1.82) is 0 Å². The lowest BCUT2D eigenvalue weighted by Gasteiger charge is -2.07. The highest BCUT2D eigenvalue weighted by atomic mass is 16.6. The number of methoxy groups -OCH3 is 1. The van der Waals surface area contributed by atoms with Crippen LogP contribution in [0.25, 0.3) is 21.9 Å². The number of rotatable bonds is 4. The molecule has 0 radical (unpaired) electrons. The van der Waals surface area contributed by atoms with Gasteiger partial charge >= 0.3 is 5.97 Å². The van der Waals surface area contributed by atoms with Crippen LogP contribution in [0, 0.1) is 10.1 Å². The van der Waals surface area contributed by atoms with E-state index in [0.717, 1.165) is 35.6 Å². The van der Waals surface area contributed by atoms with Crippen molar-refractivity contribution in [2.45, 2.75) is 0 Å². The summed E-state index contributed by atoms with van der Waals surface area (Å²) in [5.74, 6) is -1.36. The van der Waals surface area contributed by atoms with Crippen molar-refractivity contribution in [3.8, 4) is 0 Å². The summed E-state index contributed by atoms with van der Waals surface area (Å²) in [5, 5.41) is 15.6. The van der Waals surface area contributed by atoms with E-state index in [9.17, 15) is 19.7 Å². The zero-order chi connectivity index (χ0) is 20.5. The Balaban J connectivity index is 1.70. The van der Waals surface area contributed by atoms with E-state index in [1.807, 2.05) is 24.3 Å². The van der Waals surface area contributed by atoms with Gasteiger partial charge in [0.1, 0.15) is 11.2 Å². The van der Waals surface area contributed by atoms with Crippen molar-refractivity contribution in [2.24, 2.45) is 0 Å². The molecule has 1 N–H and O–H groups in total. The Kier molecular flexibility index (Phi) is 4.44. The number of nitro benzene ring substituents is 1. The lowest BCUT2D eigenvalue weighted by atomic mass is 10.1. The summed E-state index contributed by atoms with van der Waals surface area (Å²) in [6, 6.07) is 16.1. The van der Waals surface area contributed by atoms with E-state index >= 15 is 0 Å². The fraction of sp³-hybridized carbons (Fsp3) is 0.0476. The molecular formula is C21H14N2O6. The van der Waals surface area contributed by atoms with Gasteiger partial charge in [-0.3, -0.25) is 14.9 Å². The number of hydrogen-bond donors (Lipinski definition) is 1. The smallest absolute Gasteiger partial charge is 0.338 e. The lowest BCUT2D eigenvalue weighted by molar-refractivity contribution is -0.384. The number of nitrogens with one attached hydrogen (secondary N) is 1. The summed E-state index contributed by atoms with van der Waals surface area (Å²) in [6.07, 6.45) is 0. The van der Waals surface area contributed by atoms with Crippen molar-refractivity contribution < 1.29 is 23.7 Å². The molecule has 29 heavy (non-hydrogen) atoms. The molecule has 0 saturated heterocycles. The molecule has 3 aromatic carbocycles. The summed E-state index contributed by atoms with van der Waals surface area (Å²) in [7, 11) is 1.16. The second-order valence-electron chi connectivity index (χ2n) is 6.28. The van der Waals surface area contributed by atoms with Crippen LogP contribution >= 0.6 is 0 Å². The second kappa shape index (κ2) is 7.08. The molecule has 4 aromatic rings. The van der Waals surface area contributed by atoms with E-state index in [2.05, 4.69) is 10.1 Å². The van der Waals surface area contributed by atoms with Crippen LogP contribution in [0.5, 0.6) is 0 Å². The van der Waals surface area contributed by atoms with Gasteiger partial charge < -0.3 is 14.5 Å². The highest BCUT2D eigenvalue weighted by Gasteiger charge is 2.19. The fourth-order valence-electron chi connectivity index (χ4n) is 3.09. The molecule has 0 fully saturated rings. The molecule has 0 bridgehead atoms. The van der Waals surface area contributed by atoms with Crippen LogP contribution in [-0.2, 0) is 4.74 Å². The maximum atomic E-state index is 12.7. The first-order valence-electron chi connectivity index (χ1n) is 8.57. The number of fused-ring (bicyclic) bond motifs is 3. The Morgan fingerprint density at radius 2 is 1.69 bits per heavy atom. The van der Waals surface area contributed by atoms with Crippen molar-refractivity contribution in [1.82, 2.24) is 0 Å². The molecule has 0 unspecified atom stereocenters. The average molecular weight is 390 g/mol. The van der Waals surface area contributed by atoms with E-state index in [0.29, 0.717) is 11.3 Å². The molecule has 1 heterocycles. The van der Waals surface area contributed by atoms with Gasteiger partial charge in [0.05, 0.1) is 17.6 Å². The summed E-state index contributed by atoms with van der Waals surface area (Å²) < 4.78 is 10.4. The maximum absolute atomic E-state index is 12.7. The van der Waals surface area contributed by atoms with Gasteiger partial charge in [0.15, 0.2) is 0 Å². The first kappa shape index (κ1) is 18.2. The zero-order valence-corrected chi connectivity index (χ0v) is 15.2. The molecule has 0 saturated carbocycles. The standard InChI is InChI=1S/C21H14N2O6/c1-28-21(25)13-8-12(9-15(10-13)23(26)27)20(24)22-14-6-7-19-17(11-14)16-4-2-3-5-18(16)29-19/h2-11H,1H3,(H,22,24). The van der Waals surface area contributed by atoms with Crippen LogP contribution in [0.4, 0.5) is 11.4 Å². The predicted octanol–water partition coefficient (Wildman–Crippen LogP) is 4.53. The molecule has 0 aliphatic rings. The topological polar surface area (TPSA) is 112 Å². The highest BCUT2D eigenvalue weighted by molar-refractivity contribution is 6.09. The van der Waals surface area contributed by atoms with Crippen LogP contribution in [0.15, 0.2) is 65.1 Å². The van der Waals surface area contributed by atoms with Crippen LogP contribution in [0.3, 0.4) is 0 Å². The third kappa shape index (κ3) is 3.39. The minimum absolute atomic E-state index is 0.0308. The molecule has 144 valence electrons. The van der Waals surface area contributed by atoms with Crippen molar-refractivity contribution in [3.05, 3.63) is 81.9 Å². The number of ether oxygens (including phenoxy) is 1. The average Bonchev–Trinajstić information content (AvgIpc) is 3.10. The van der Waals surface area contributed by atoms with Crippen LogP contribution in [-0.4, -0.2) is 23.9 Å². The molecular weight excluding hydrogens is 376 g/mol. The molecule has 8 nitrogen and oxygen atoms in total. The van der Waals surface area contributed by atoms with Crippen molar-refractivity contribution in [3.63, 3.8) is 0 Å². The number of hydrogen-bond acceptors (Lipinski definition) is 6. The zero-order valence-electron chi connectivity index (χ0n) is 15.2. The van der Waals surface area contributed by atoms with Crippen molar-refractivity contribution in [2.75, 3.05) is 12.4 Å². The molecule has 0 aliphatic carbocycles. The van der Waals surface area contributed by atoms with E-state index < -0.39 is 16.8 Å². The number of para-hydroxylation sites is 1. The predicted molar refractivity (Wildman–Crippen MR) is 106 cm³/mol. The summed E-state index contributed by atoms with van der Waals surface area (Å²) in [5.41, 5.74) is 1.40. The van der Waals surface area contributed by atoms with E-state index in [1.165, 1.54) is 6.07 Å². The number of carbonyl (C=O) groups is 2. The summed E-state index contributed by atoms with van der Waals surface area (Å²) >= 11 is 0. The quantitative estimate of drug-likeness (QED) is 0.311. The minimum atomic E-state index is -0.769. The van der Waals surface area contributed by atoms with Gasteiger partial charge in [0, 0.05) is 34.2 Å². The number of carbonyl (C=O) groups excluding carboxylic acids is 2. The lowest BCUT2D eigenvalue weighted by Crippen LogP contribution is -2.14. The highest BCUT2D eigenvalue weighted by Crippen LogP contribution is 2.30. The molecule has 1 aromatic heterocycles. The Morgan fingerprint density at radius 1 is 0.966 bits per heavy atom. The number of benzene rings is 3. The van der Waals surface area contributed by atoms with Gasteiger partial charge in [-0.15, -0.1) is 0 Å². The summed E-state index contributed by atoms with van der Waals surface area (Å²) in [4.78, 5) is 34.9. The van der Waals surface area contributed by atoms with Gasteiger partial charge in [-0.05, 0) is 30.3 Å². The number of amides is 1. The van der Waals surface area contributed by atoms with Crippen LogP contribution in [0.1, 0.15) is 20.7 Å².